The van der Waals surface area contributed by atoms with E-state index in [0.717, 1.165) is 47.3 Å². The highest BCUT2D eigenvalue weighted by Gasteiger charge is 2.34. The predicted octanol–water partition coefficient (Wildman–Crippen LogP) is 3.55. The number of carbonyl (C=O) groups excluding carboxylic acids is 2. The van der Waals surface area contributed by atoms with Crippen molar-refractivity contribution in [2.75, 3.05) is 13.7 Å². The Morgan fingerprint density at radius 2 is 1.86 bits per heavy atom. The molecule has 144 valence electrons. The van der Waals surface area contributed by atoms with Crippen LogP contribution in [0.25, 0.3) is 5.57 Å². The number of hydrogen-bond acceptors (Lipinski definition) is 4. The Morgan fingerprint density at radius 1 is 1.11 bits per heavy atom. The zero-order chi connectivity index (χ0) is 19.7. The molecule has 0 aromatic heterocycles. The summed E-state index contributed by atoms with van der Waals surface area (Å²) in [6, 6.07) is 12.6. The van der Waals surface area contributed by atoms with E-state index in [9.17, 15) is 9.59 Å². The highest BCUT2D eigenvalue weighted by Crippen LogP contribution is 2.42. The van der Waals surface area contributed by atoms with Crippen molar-refractivity contribution in [3.63, 3.8) is 0 Å². The molecule has 0 radical (unpaired) electrons. The van der Waals surface area contributed by atoms with Gasteiger partial charge in [0.05, 0.1) is 7.11 Å². The van der Waals surface area contributed by atoms with Gasteiger partial charge < -0.3 is 15.2 Å². The Balaban J connectivity index is 1.64. The molecule has 28 heavy (non-hydrogen) atoms. The summed E-state index contributed by atoms with van der Waals surface area (Å²) in [5.41, 5.74) is 9.54. The molecule has 2 N–H and O–H groups in total. The average Bonchev–Trinajstić information content (AvgIpc) is 3.04. The first kappa shape index (κ1) is 18.3. The van der Waals surface area contributed by atoms with E-state index in [4.69, 9.17) is 15.2 Å². The van der Waals surface area contributed by atoms with Gasteiger partial charge >= 0.3 is 0 Å². The van der Waals surface area contributed by atoms with E-state index in [1.807, 2.05) is 18.2 Å². The summed E-state index contributed by atoms with van der Waals surface area (Å²) >= 11 is 0. The van der Waals surface area contributed by atoms with Crippen LogP contribution in [0.4, 0.5) is 0 Å². The van der Waals surface area contributed by atoms with Gasteiger partial charge in [-0.2, -0.15) is 0 Å². The number of hydrogen-bond donors (Lipinski definition) is 1. The van der Waals surface area contributed by atoms with Gasteiger partial charge in [-0.25, -0.2) is 0 Å². The van der Waals surface area contributed by atoms with Gasteiger partial charge in [0.1, 0.15) is 18.1 Å². The maximum Gasteiger partial charge on any atom is 0.248 e. The van der Waals surface area contributed by atoms with Gasteiger partial charge in [-0.3, -0.25) is 9.59 Å². The van der Waals surface area contributed by atoms with E-state index in [-0.39, 0.29) is 18.3 Å². The first-order valence-electron chi connectivity index (χ1n) is 9.53. The first-order valence-corrected chi connectivity index (χ1v) is 9.53. The number of allylic oxidation sites excluding steroid dienone is 1. The summed E-state index contributed by atoms with van der Waals surface area (Å²) in [4.78, 5) is 24.3. The van der Waals surface area contributed by atoms with E-state index < -0.39 is 5.91 Å². The van der Waals surface area contributed by atoms with Crippen LogP contribution >= 0.6 is 0 Å². The van der Waals surface area contributed by atoms with Gasteiger partial charge in [0.15, 0.2) is 5.78 Å². The predicted molar refractivity (Wildman–Crippen MR) is 106 cm³/mol. The lowest BCUT2D eigenvalue weighted by Gasteiger charge is -2.25. The van der Waals surface area contributed by atoms with Crippen molar-refractivity contribution < 1.29 is 19.1 Å². The highest BCUT2D eigenvalue weighted by atomic mass is 16.5. The number of ketones is 1. The molecule has 5 heteroatoms. The van der Waals surface area contributed by atoms with Crippen LogP contribution in [0.1, 0.15) is 40.7 Å². The standard InChI is InChI=1S/C23H23NO4/c1-27-20-7-3-6-16-12-18(22(25)14-4-2-5-14)19(21(16)20)13-28-17-10-8-15(9-11-17)23(24)26/h3,6-11,14H,2,4-5,12-13H2,1H3,(H2,24,26). The molecule has 0 atom stereocenters. The second-order valence-corrected chi connectivity index (χ2v) is 7.30. The molecule has 1 amide bonds. The molecule has 4 rings (SSSR count). The number of amides is 1. The number of benzene rings is 2. The normalized spacial score (nSPS) is 15.8. The molecule has 0 unspecified atom stereocenters. The highest BCUT2D eigenvalue weighted by molar-refractivity contribution is 6.07. The molecule has 2 aliphatic carbocycles. The molecular weight excluding hydrogens is 354 g/mol. The average molecular weight is 377 g/mol. The van der Waals surface area contributed by atoms with Gasteiger partial charge in [-0.05, 0) is 48.7 Å². The topological polar surface area (TPSA) is 78.6 Å². The maximum atomic E-state index is 13.0. The maximum absolute atomic E-state index is 13.0. The fourth-order valence-corrected chi connectivity index (χ4v) is 3.87. The fraction of sp³-hybridized carbons (Fsp3) is 0.304. The second kappa shape index (κ2) is 7.50. The summed E-state index contributed by atoms with van der Waals surface area (Å²) in [6.45, 7) is 0.275. The summed E-state index contributed by atoms with van der Waals surface area (Å²) in [6.07, 6.45) is 3.69. The minimum atomic E-state index is -0.475. The second-order valence-electron chi connectivity index (χ2n) is 7.30. The van der Waals surface area contributed by atoms with Gasteiger partial charge in [0, 0.05) is 34.6 Å². The Kier molecular flexibility index (Phi) is 4.90. The van der Waals surface area contributed by atoms with Crippen LogP contribution < -0.4 is 15.2 Å². The third kappa shape index (κ3) is 3.28. The van der Waals surface area contributed by atoms with Crippen LogP contribution in [-0.2, 0) is 11.2 Å². The summed E-state index contributed by atoms with van der Waals surface area (Å²) in [5.74, 6) is 1.29. The number of Topliss-reactive ketones (excluding diaryl/α,β-unsaturated/α-hetero) is 1. The number of methoxy groups -OCH3 is 1. The quantitative estimate of drug-likeness (QED) is 0.800. The molecule has 2 aliphatic rings. The van der Waals surface area contributed by atoms with E-state index in [0.29, 0.717) is 17.7 Å². The zero-order valence-electron chi connectivity index (χ0n) is 15.9. The molecule has 0 aliphatic heterocycles. The molecule has 0 saturated heterocycles. The molecule has 1 fully saturated rings. The van der Waals surface area contributed by atoms with Gasteiger partial charge in [0.2, 0.25) is 5.91 Å². The van der Waals surface area contributed by atoms with E-state index in [2.05, 4.69) is 0 Å². The Hall–Kier alpha value is -3.08. The lowest BCUT2D eigenvalue weighted by molar-refractivity contribution is -0.121. The molecule has 2 aromatic rings. The fourth-order valence-electron chi connectivity index (χ4n) is 3.87. The summed E-state index contributed by atoms with van der Waals surface area (Å²) in [7, 11) is 1.64. The Labute approximate surface area is 164 Å². The van der Waals surface area contributed by atoms with E-state index >= 15 is 0 Å². The molecule has 1 saturated carbocycles. The van der Waals surface area contributed by atoms with Crippen molar-refractivity contribution in [2.45, 2.75) is 25.7 Å². The molecule has 2 aromatic carbocycles. The van der Waals surface area contributed by atoms with Crippen LogP contribution in [0.15, 0.2) is 48.0 Å². The monoisotopic (exact) mass is 377 g/mol. The lowest BCUT2D eigenvalue weighted by atomic mass is 9.79. The number of nitrogens with two attached hydrogens (primary N) is 1. The number of fused-ring (bicyclic) bond motifs is 1. The van der Waals surface area contributed by atoms with Crippen LogP contribution in [0.3, 0.4) is 0 Å². The van der Waals surface area contributed by atoms with Crippen molar-refractivity contribution in [2.24, 2.45) is 11.7 Å². The molecular formula is C23H23NO4. The number of ether oxygens (including phenoxy) is 2. The SMILES string of the molecule is COc1cccc2c1C(COc1ccc(C(N)=O)cc1)=C(C(=O)C1CCC1)C2. The van der Waals surface area contributed by atoms with Gasteiger partial charge in [-0.15, -0.1) is 0 Å². The summed E-state index contributed by atoms with van der Waals surface area (Å²) < 4.78 is 11.5. The Morgan fingerprint density at radius 3 is 2.46 bits per heavy atom. The van der Waals surface area contributed by atoms with Gasteiger partial charge in [0.25, 0.3) is 0 Å². The molecule has 5 nitrogen and oxygen atoms in total. The van der Waals surface area contributed by atoms with Crippen LogP contribution in [0.2, 0.25) is 0 Å². The van der Waals surface area contributed by atoms with Crippen molar-refractivity contribution in [3.8, 4) is 11.5 Å². The number of carbonyl (C=O) groups is 2. The Bertz CT molecular complexity index is 955. The largest absolute Gasteiger partial charge is 0.496 e. The zero-order valence-corrected chi connectivity index (χ0v) is 15.9. The number of primary amides is 1. The molecule has 0 heterocycles. The smallest absolute Gasteiger partial charge is 0.248 e. The van der Waals surface area contributed by atoms with Crippen LogP contribution in [0, 0.1) is 5.92 Å². The van der Waals surface area contributed by atoms with Crippen molar-refractivity contribution >= 4 is 17.3 Å². The molecule has 0 bridgehead atoms. The lowest BCUT2D eigenvalue weighted by Crippen LogP contribution is -2.24. The third-order valence-corrected chi connectivity index (χ3v) is 5.66. The van der Waals surface area contributed by atoms with Crippen LogP contribution in [-0.4, -0.2) is 25.4 Å². The minimum Gasteiger partial charge on any atom is -0.496 e. The molecule has 0 spiro atoms. The summed E-state index contributed by atoms with van der Waals surface area (Å²) in [5, 5.41) is 0. The third-order valence-electron chi connectivity index (χ3n) is 5.66. The number of rotatable bonds is 7. The van der Waals surface area contributed by atoms with Crippen LogP contribution in [0.5, 0.6) is 11.5 Å². The first-order chi connectivity index (χ1) is 13.6. The van der Waals surface area contributed by atoms with Crippen molar-refractivity contribution in [3.05, 3.63) is 64.7 Å². The van der Waals surface area contributed by atoms with E-state index in [1.54, 1.807) is 31.4 Å². The van der Waals surface area contributed by atoms with Crippen molar-refractivity contribution in [1.29, 1.82) is 0 Å². The van der Waals surface area contributed by atoms with Gasteiger partial charge in [-0.1, -0.05) is 18.6 Å². The van der Waals surface area contributed by atoms with Crippen molar-refractivity contribution in [1.82, 2.24) is 0 Å². The minimum absolute atomic E-state index is 0.139. The van der Waals surface area contributed by atoms with E-state index in [1.165, 1.54) is 0 Å².